The van der Waals surface area contributed by atoms with E-state index < -0.39 is 5.91 Å². The first-order valence-corrected chi connectivity index (χ1v) is 7.09. The van der Waals surface area contributed by atoms with E-state index in [1.54, 1.807) is 13.2 Å². The molecule has 3 aromatic rings. The van der Waals surface area contributed by atoms with Crippen molar-refractivity contribution in [3.05, 3.63) is 60.9 Å². The van der Waals surface area contributed by atoms with Gasteiger partial charge in [-0.05, 0) is 17.0 Å². The van der Waals surface area contributed by atoms with Crippen molar-refractivity contribution in [3.63, 3.8) is 0 Å². The highest BCUT2D eigenvalue weighted by molar-refractivity contribution is 6.33. The van der Waals surface area contributed by atoms with Gasteiger partial charge in [-0.3, -0.25) is 9.78 Å². The summed E-state index contributed by atoms with van der Waals surface area (Å²) in [5.41, 5.74) is 2.77. The number of hydrogen-bond acceptors (Lipinski definition) is 4. The Morgan fingerprint density at radius 3 is 2.61 bits per heavy atom. The van der Waals surface area contributed by atoms with Crippen LogP contribution in [0.5, 0.6) is 0 Å². The molecule has 5 nitrogen and oxygen atoms in total. The maximum absolute atomic E-state index is 11.9. The highest BCUT2D eigenvalue weighted by Gasteiger charge is 2.14. The van der Waals surface area contributed by atoms with Crippen LogP contribution in [0.25, 0.3) is 21.9 Å². The number of nitrogens with zero attached hydrogens (tertiary/aromatic N) is 3. The molecule has 3 rings (SSSR count). The Kier molecular flexibility index (Phi) is 4.01. The van der Waals surface area contributed by atoms with Crippen LogP contribution in [0.1, 0.15) is 0 Å². The van der Waals surface area contributed by atoms with E-state index in [2.05, 4.69) is 10.1 Å². The van der Waals surface area contributed by atoms with Crippen molar-refractivity contribution in [2.24, 2.45) is 5.16 Å². The van der Waals surface area contributed by atoms with Gasteiger partial charge in [0.25, 0.3) is 5.91 Å². The molecule has 1 aromatic heterocycles. The summed E-state index contributed by atoms with van der Waals surface area (Å²) >= 11 is 0. The fourth-order valence-electron chi connectivity index (χ4n) is 2.57. The van der Waals surface area contributed by atoms with Crippen molar-refractivity contribution >= 4 is 28.6 Å². The monoisotopic (exact) mass is 305 g/mol. The second kappa shape index (κ2) is 6.27. The summed E-state index contributed by atoms with van der Waals surface area (Å²) in [4.78, 5) is 17.7. The predicted molar refractivity (Wildman–Crippen MR) is 90.9 cm³/mol. The van der Waals surface area contributed by atoms with Gasteiger partial charge in [0.05, 0.1) is 5.69 Å². The largest absolute Gasteiger partial charge is 0.411 e. The smallest absolute Gasteiger partial charge is 0.272 e. The quantitative estimate of drug-likeness (QED) is 0.458. The van der Waals surface area contributed by atoms with Crippen molar-refractivity contribution in [1.82, 2.24) is 4.98 Å². The molecule has 0 spiro atoms. The number of amides is 1. The van der Waals surface area contributed by atoms with Crippen LogP contribution in [0, 0.1) is 0 Å². The van der Waals surface area contributed by atoms with E-state index >= 15 is 0 Å². The number of carbonyl (C=O) groups excluding carboxylic acids is 1. The van der Waals surface area contributed by atoms with Crippen molar-refractivity contribution in [2.75, 3.05) is 11.9 Å². The van der Waals surface area contributed by atoms with Crippen LogP contribution in [0.3, 0.4) is 0 Å². The Labute approximate surface area is 133 Å². The van der Waals surface area contributed by atoms with Crippen LogP contribution in [0.15, 0.2) is 66.1 Å². The van der Waals surface area contributed by atoms with E-state index in [4.69, 9.17) is 5.21 Å². The van der Waals surface area contributed by atoms with Crippen molar-refractivity contribution in [2.45, 2.75) is 0 Å². The average Bonchev–Trinajstić information content (AvgIpc) is 2.61. The Balaban J connectivity index is 2.18. The lowest BCUT2D eigenvalue weighted by Crippen LogP contribution is -2.27. The van der Waals surface area contributed by atoms with Crippen molar-refractivity contribution in [1.29, 1.82) is 0 Å². The second-order valence-electron chi connectivity index (χ2n) is 5.07. The molecule has 2 aromatic carbocycles. The summed E-state index contributed by atoms with van der Waals surface area (Å²) < 4.78 is 0. The van der Waals surface area contributed by atoms with Gasteiger partial charge in [-0.25, -0.2) is 0 Å². The fraction of sp³-hybridized carbons (Fsp3) is 0.0556. The molecule has 0 aliphatic heterocycles. The van der Waals surface area contributed by atoms with Crippen LogP contribution in [-0.4, -0.2) is 29.4 Å². The molecule has 114 valence electrons. The number of rotatable bonds is 3. The van der Waals surface area contributed by atoms with Gasteiger partial charge >= 0.3 is 0 Å². The molecule has 0 fully saturated rings. The zero-order valence-electron chi connectivity index (χ0n) is 12.5. The number of fused-ring (bicyclic) bond motifs is 1. The number of aromatic nitrogens is 1. The van der Waals surface area contributed by atoms with Crippen LogP contribution in [-0.2, 0) is 4.79 Å². The third-order valence-corrected chi connectivity index (χ3v) is 3.73. The summed E-state index contributed by atoms with van der Waals surface area (Å²) in [5.74, 6) is -0.412. The van der Waals surface area contributed by atoms with E-state index in [-0.39, 0.29) is 0 Å². The highest BCUT2D eigenvalue weighted by Crippen LogP contribution is 2.32. The second-order valence-corrected chi connectivity index (χ2v) is 5.07. The summed E-state index contributed by atoms with van der Waals surface area (Å²) in [6.45, 7) is 0. The van der Waals surface area contributed by atoms with Crippen molar-refractivity contribution in [3.8, 4) is 11.1 Å². The number of anilines is 1. The lowest BCUT2D eigenvalue weighted by molar-refractivity contribution is -0.112. The lowest BCUT2D eigenvalue weighted by atomic mass is 10.00. The van der Waals surface area contributed by atoms with Gasteiger partial charge in [0.1, 0.15) is 6.21 Å². The zero-order chi connectivity index (χ0) is 16.2. The molecule has 0 saturated heterocycles. The molecule has 0 saturated carbocycles. The molecule has 1 N–H and O–H groups in total. The zero-order valence-corrected chi connectivity index (χ0v) is 12.5. The van der Waals surface area contributed by atoms with Crippen molar-refractivity contribution < 1.29 is 10.0 Å². The third-order valence-electron chi connectivity index (χ3n) is 3.73. The number of oxime groups is 1. The van der Waals surface area contributed by atoms with Crippen LogP contribution in [0.2, 0.25) is 0 Å². The first-order chi connectivity index (χ1) is 11.2. The first-order valence-electron chi connectivity index (χ1n) is 7.09. The van der Waals surface area contributed by atoms with Crippen LogP contribution >= 0.6 is 0 Å². The average molecular weight is 305 g/mol. The van der Waals surface area contributed by atoms with Gasteiger partial charge in [-0.2, -0.15) is 0 Å². The topological polar surface area (TPSA) is 65.8 Å². The minimum absolute atomic E-state index is 0.412. The lowest BCUT2D eigenvalue weighted by Gasteiger charge is -2.18. The maximum atomic E-state index is 11.9. The Bertz CT molecular complexity index is 876. The summed E-state index contributed by atoms with van der Waals surface area (Å²) in [6.07, 6.45) is 4.42. The third kappa shape index (κ3) is 2.76. The van der Waals surface area contributed by atoms with Gasteiger partial charge in [-0.1, -0.05) is 47.6 Å². The Morgan fingerprint density at radius 1 is 1.09 bits per heavy atom. The molecule has 0 atom stereocenters. The van der Waals surface area contributed by atoms with Gasteiger partial charge < -0.3 is 10.1 Å². The minimum atomic E-state index is -0.412. The number of carbonyl (C=O) groups is 1. The molecule has 1 amide bonds. The number of benzene rings is 2. The molecular formula is C18H15N3O2. The van der Waals surface area contributed by atoms with Crippen LogP contribution in [0.4, 0.5) is 5.69 Å². The Morgan fingerprint density at radius 2 is 1.87 bits per heavy atom. The van der Waals surface area contributed by atoms with Gasteiger partial charge in [0, 0.05) is 30.4 Å². The van der Waals surface area contributed by atoms with Gasteiger partial charge in [0.15, 0.2) is 0 Å². The highest BCUT2D eigenvalue weighted by atomic mass is 16.4. The summed E-state index contributed by atoms with van der Waals surface area (Å²) in [7, 11) is 1.63. The fourth-order valence-corrected chi connectivity index (χ4v) is 2.57. The van der Waals surface area contributed by atoms with Gasteiger partial charge in [0.2, 0.25) is 0 Å². The molecule has 0 bridgehead atoms. The van der Waals surface area contributed by atoms with Gasteiger partial charge in [-0.15, -0.1) is 0 Å². The first kappa shape index (κ1) is 14.7. The van der Waals surface area contributed by atoms with E-state index in [0.29, 0.717) is 5.69 Å². The predicted octanol–water partition coefficient (Wildman–Crippen LogP) is 3.32. The molecule has 0 aliphatic carbocycles. The van der Waals surface area contributed by atoms with E-state index in [1.807, 2.05) is 54.7 Å². The molecule has 0 unspecified atom stereocenters. The van der Waals surface area contributed by atoms with E-state index in [9.17, 15) is 4.79 Å². The summed E-state index contributed by atoms with van der Waals surface area (Å²) in [6, 6.07) is 15.7. The number of hydrogen-bond donors (Lipinski definition) is 1. The molecule has 0 radical (unpaired) electrons. The molecule has 5 heteroatoms. The normalized spacial score (nSPS) is 11.0. The Hall–Kier alpha value is -3.21. The number of pyridine rings is 1. The van der Waals surface area contributed by atoms with E-state index in [1.165, 1.54) is 4.90 Å². The molecule has 0 aliphatic rings. The molecule has 1 heterocycles. The molecular weight excluding hydrogens is 290 g/mol. The summed E-state index contributed by atoms with van der Waals surface area (Å²) in [5, 5.41) is 13.2. The standard InChI is InChI=1S/C18H15N3O2/c1-21(18(22)12-20-23)17-9-5-8-14-15(10-19-11-16(14)17)13-6-3-2-4-7-13/h2-12,23H,1H3. The SMILES string of the molecule is CN(C(=O)C=NO)c1cccc2c(-c3ccccc3)cncc12. The molecule has 23 heavy (non-hydrogen) atoms. The van der Waals surface area contributed by atoms with Crippen LogP contribution < -0.4 is 4.90 Å². The minimum Gasteiger partial charge on any atom is -0.411 e. The van der Waals surface area contributed by atoms with E-state index in [0.717, 1.165) is 28.1 Å². The maximum Gasteiger partial charge on any atom is 0.272 e.